The van der Waals surface area contributed by atoms with Crippen LogP contribution in [0.15, 0.2) is 48.7 Å². The van der Waals surface area contributed by atoms with E-state index in [1.165, 1.54) is 12.1 Å². The molecule has 0 fully saturated rings. The fraction of sp³-hybridized carbons (Fsp3) is 0.300. The van der Waals surface area contributed by atoms with E-state index in [0.717, 1.165) is 16.8 Å². The van der Waals surface area contributed by atoms with Crippen LogP contribution in [0.4, 0.5) is 4.39 Å². The number of carbonyl (C=O) groups is 1. The van der Waals surface area contributed by atoms with Crippen molar-refractivity contribution in [3.05, 3.63) is 60.3 Å². The van der Waals surface area contributed by atoms with E-state index in [2.05, 4.69) is 31.1 Å². The van der Waals surface area contributed by atoms with E-state index >= 15 is 0 Å². The molecule has 1 amide bonds. The van der Waals surface area contributed by atoms with Crippen molar-refractivity contribution >= 4 is 11.4 Å². The summed E-state index contributed by atoms with van der Waals surface area (Å²) in [6.45, 7) is 8.25. The monoisotopic (exact) mass is 340 g/mol. The third kappa shape index (κ3) is 3.40. The lowest BCUT2D eigenvalue weighted by Gasteiger charge is -2.27. The number of rotatable bonds is 3. The number of amides is 1. The number of fused-ring (bicyclic) bond motifs is 1. The Morgan fingerprint density at radius 2 is 1.84 bits per heavy atom. The zero-order valence-corrected chi connectivity index (χ0v) is 14.9. The van der Waals surface area contributed by atoms with Crippen LogP contribution in [0.2, 0.25) is 0 Å². The molecule has 0 saturated carbocycles. The molecule has 0 aliphatic rings. The second kappa shape index (κ2) is 6.31. The molecule has 0 aliphatic heterocycles. The minimum Gasteiger partial charge on any atom is -0.343 e. The van der Waals surface area contributed by atoms with Crippen LogP contribution < -0.4 is 9.72 Å². The van der Waals surface area contributed by atoms with E-state index in [4.69, 9.17) is 0 Å². The number of carbonyl (C=O) groups excluding carboxylic acids is 1. The zero-order valence-electron chi connectivity index (χ0n) is 14.9. The van der Waals surface area contributed by atoms with Crippen molar-refractivity contribution in [2.75, 3.05) is 0 Å². The van der Waals surface area contributed by atoms with Gasteiger partial charge in [0.2, 0.25) is 0 Å². The summed E-state index contributed by atoms with van der Waals surface area (Å²) in [6.07, 6.45) is 1.84. The molecule has 2 N–H and O–H groups in total. The number of aromatic nitrogens is 2. The average molecular weight is 340 g/mol. The first-order chi connectivity index (χ1) is 11.8. The van der Waals surface area contributed by atoms with E-state index in [0.29, 0.717) is 5.82 Å². The van der Waals surface area contributed by atoms with Crippen molar-refractivity contribution in [2.24, 2.45) is 5.41 Å². The van der Waals surface area contributed by atoms with E-state index in [9.17, 15) is 9.18 Å². The summed E-state index contributed by atoms with van der Waals surface area (Å²) in [6, 6.07) is 12.0. The number of benzene rings is 1. The lowest BCUT2D eigenvalue weighted by molar-refractivity contribution is -0.514. The predicted octanol–water partition coefficient (Wildman–Crippen LogP) is 3.72. The number of halogens is 1. The molecular weight excluding hydrogens is 317 g/mol. The van der Waals surface area contributed by atoms with Gasteiger partial charge >= 0.3 is 11.7 Å². The summed E-state index contributed by atoms with van der Waals surface area (Å²) in [7, 11) is 0. The summed E-state index contributed by atoms with van der Waals surface area (Å²) in [4.78, 5) is 16.0. The molecule has 0 radical (unpaired) electrons. The van der Waals surface area contributed by atoms with Crippen LogP contribution in [-0.4, -0.2) is 16.9 Å². The highest BCUT2D eigenvalue weighted by Crippen LogP contribution is 2.23. The average Bonchev–Trinajstić information content (AvgIpc) is 2.94. The van der Waals surface area contributed by atoms with Gasteiger partial charge in [-0.25, -0.2) is 9.37 Å². The second-order valence-electron chi connectivity index (χ2n) is 7.37. The summed E-state index contributed by atoms with van der Waals surface area (Å²) in [5.41, 5.74) is 2.44. The van der Waals surface area contributed by atoms with Gasteiger partial charge in [-0.15, -0.1) is 0 Å². The summed E-state index contributed by atoms with van der Waals surface area (Å²) >= 11 is 0. The number of aromatic amines is 1. The molecule has 0 bridgehead atoms. The molecule has 1 unspecified atom stereocenters. The van der Waals surface area contributed by atoms with Crippen LogP contribution >= 0.6 is 0 Å². The van der Waals surface area contributed by atoms with E-state index < -0.39 is 0 Å². The molecule has 0 saturated heterocycles. The molecule has 3 rings (SSSR count). The molecular formula is C20H23FN3O+. The Labute approximate surface area is 146 Å². The van der Waals surface area contributed by atoms with Crippen LogP contribution in [0, 0.1) is 11.2 Å². The van der Waals surface area contributed by atoms with E-state index in [-0.39, 0.29) is 23.2 Å². The zero-order chi connectivity index (χ0) is 18.2. The molecule has 4 nitrogen and oxygen atoms in total. The number of pyridine rings is 1. The van der Waals surface area contributed by atoms with Gasteiger partial charge in [0.05, 0.1) is 6.20 Å². The summed E-state index contributed by atoms with van der Waals surface area (Å²) in [5, 5.41) is 3.05. The topological polar surface area (TPSA) is 49.0 Å². The Morgan fingerprint density at radius 1 is 1.16 bits per heavy atom. The number of imidazole rings is 1. The number of hydrogen-bond acceptors (Lipinski definition) is 1. The van der Waals surface area contributed by atoms with Crippen molar-refractivity contribution in [1.82, 2.24) is 10.3 Å². The van der Waals surface area contributed by atoms with Crippen LogP contribution in [0.25, 0.3) is 16.8 Å². The molecule has 5 heteroatoms. The van der Waals surface area contributed by atoms with Crippen molar-refractivity contribution in [3.8, 4) is 11.3 Å². The molecule has 1 aromatic carbocycles. The first kappa shape index (κ1) is 17.1. The van der Waals surface area contributed by atoms with Crippen molar-refractivity contribution in [1.29, 1.82) is 0 Å². The lowest BCUT2D eigenvalue weighted by Crippen LogP contribution is -2.44. The van der Waals surface area contributed by atoms with Crippen LogP contribution in [0.5, 0.6) is 0 Å². The first-order valence-electron chi connectivity index (χ1n) is 8.36. The standard InChI is InChI=1S/C20H22FN3O/c1-13(20(2,3)4)22-19(25)18-23-17(14-8-10-15(21)11-9-14)16-7-5-6-12-24(16)18/h5-13H,1-4H3,(H,22,25)/p+1. The van der Waals surface area contributed by atoms with Gasteiger partial charge in [-0.3, -0.25) is 4.79 Å². The van der Waals surface area contributed by atoms with Crippen LogP contribution in [0.3, 0.4) is 0 Å². The van der Waals surface area contributed by atoms with Crippen molar-refractivity contribution < 1.29 is 13.6 Å². The quantitative estimate of drug-likeness (QED) is 0.702. The number of H-pyrrole nitrogens is 1. The second-order valence-corrected chi connectivity index (χ2v) is 7.37. The Kier molecular flexibility index (Phi) is 4.33. The minimum atomic E-state index is -0.288. The molecule has 1 atom stereocenters. The fourth-order valence-electron chi connectivity index (χ4n) is 2.57. The fourth-order valence-corrected chi connectivity index (χ4v) is 2.57. The van der Waals surface area contributed by atoms with Gasteiger partial charge in [0.15, 0.2) is 11.2 Å². The van der Waals surface area contributed by atoms with Crippen LogP contribution in [0.1, 0.15) is 38.3 Å². The van der Waals surface area contributed by atoms with Gasteiger partial charge in [-0.2, -0.15) is 4.40 Å². The maximum atomic E-state index is 13.2. The molecule has 2 aromatic heterocycles. The van der Waals surface area contributed by atoms with Gasteiger partial charge in [-0.05, 0) is 48.7 Å². The highest BCUT2D eigenvalue weighted by Gasteiger charge is 2.29. The predicted molar refractivity (Wildman–Crippen MR) is 95.7 cm³/mol. The van der Waals surface area contributed by atoms with Crippen molar-refractivity contribution in [2.45, 2.75) is 33.7 Å². The molecule has 0 aliphatic carbocycles. The van der Waals surface area contributed by atoms with Gasteiger partial charge in [-0.1, -0.05) is 26.8 Å². The Bertz CT molecular complexity index is 907. The molecule has 3 aromatic rings. The molecule has 25 heavy (non-hydrogen) atoms. The first-order valence-corrected chi connectivity index (χ1v) is 8.36. The van der Waals surface area contributed by atoms with E-state index in [1.54, 1.807) is 12.1 Å². The minimum absolute atomic E-state index is 0.0110. The molecule has 2 heterocycles. The molecule has 130 valence electrons. The lowest BCUT2D eigenvalue weighted by atomic mass is 9.88. The normalized spacial score (nSPS) is 13.0. The highest BCUT2D eigenvalue weighted by molar-refractivity contribution is 5.91. The third-order valence-electron chi connectivity index (χ3n) is 4.59. The smallest absolute Gasteiger partial charge is 0.343 e. The van der Waals surface area contributed by atoms with Crippen LogP contribution in [-0.2, 0) is 0 Å². The third-order valence-corrected chi connectivity index (χ3v) is 4.59. The van der Waals surface area contributed by atoms with Gasteiger partial charge in [0.25, 0.3) is 0 Å². The summed E-state index contributed by atoms with van der Waals surface area (Å²) in [5.74, 6) is -0.00718. The Balaban J connectivity index is 2.05. The van der Waals surface area contributed by atoms with Crippen molar-refractivity contribution in [3.63, 3.8) is 0 Å². The van der Waals surface area contributed by atoms with Gasteiger partial charge in [0.1, 0.15) is 5.82 Å². The van der Waals surface area contributed by atoms with E-state index in [1.807, 2.05) is 35.7 Å². The number of hydrogen-bond donors (Lipinski definition) is 2. The molecule has 0 spiro atoms. The Hall–Kier alpha value is -2.69. The largest absolute Gasteiger partial charge is 0.351 e. The number of nitrogens with one attached hydrogen (secondary N) is 2. The highest BCUT2D eigenvalue weighted by atomic mass is 19.1. The van der Waals surface area contributed by atoms with Gasteiger partial charge in [0, 0.05) is 11.6 Å². The maximum absolute atomic E-state index is 13.2. The Morgan fingerprint density at radius 3 is 2.48 bits per heavy atom. The number of nitrogens with zero attached hydrogens (tertiary/aromatic N) is 1. The maximum Gasteiger partial charge on any atom is 0.351 e. The van der Waals surface area contributed by atoms with Gasteiger partial charge < -0.3 is 5.32 Å². The SMILES string of the molecule is CC(NC(=O)c1[nH]c(-c2ccc(F)cc2)c2cccc[n+]12)C(C)(C)C. The summed E-state index contributed by atoms with van der Waals surface area (Å²) < 4.78 is 15.0.